The molecule has 0 aromatic heterocycles. The van der Waals surface area contributed by atoms with E-state index in [0.29, 0.717) is 22.5 Å². The molecule has 1 aromatic rings. The lowest BCUT2D eigenvalue weighted by Gasteiger charge is -2.18. The molecule has 0 spiro atoms. The van der Waals surface area contributed by atoms with Crippen LogP contribution >= 0.6 is 15.9 Å². The molecule has 0 aliphatic heterocycles. The second kappa shape index (κ2) is 7.54. The number of hydrogen-bond donors (Lipinski definition) is 1. The molecule has 0 radical (unpaired) electrons. The maximum Gasteiger partial charge on any atom is 0.241 e. The van der Waals surface area contributed by atoms with Gasteiger partial charge in [0.1, 0.15) is 0 Å². The van der Waals surface area contributed by atoms with Crippen LogP contribution in [-0.2, 0) is 10.0 Å². The Labute approximate surface area is 130 Å². The molecular weight excluding hydrogens is 340 g/mol. The van der Waals surface area contributed by atoms with Gasteiger partial charge in [-0.25, -0.2) is 13.1 Å². The maximum atomic E-state index is 12.3. The molecule has 0 amide bonds. The average molecular weight is 363 g/mol. The van der Waals surface area contributed by atoms with E-state index in [1.807, 2.05) is 19.9 Å². The van der Waals surface area contributed by atoms with E-state index >= 15 is 0 Å². The van der Waals surface area contributed by atoms with Crippen molar-refractivity contribution in [1.82, 2.24) is 9.62 Å². The summed E-state index contributed by atoms with van der Waals surface area (Å²) < 4.78 is 27.9. The summed E-state index contributed by atoms with van der Waals surface area (Å²) in [6.45, 7) is 11.0. The van der Waals surface area contributed by atoms with Gasteiger partial charge in [-0.15, -0.1) is 0 Å². The topological polar surface area (TPSA) is 49.4 Å². The van der Waals surface area contributed by atoms with Crippen LogP contribution < -0.4 is 4.72 Å². The fourth-order valence-electron chi connectivity index (χ4n) is 1.92. The Morgan fingerprint density at radius 3 is 2.25 bits per heavy atom. The molecule has 0 saturated carbocycles. The molecule has 0 fully saturated rings. The lowest BCUT2D eigenvalue weighted by atomic mass is 10.1. The van der Waals surface area contributed by atoms with Crippen LogP contribution in [0.15, 0.2) is 21.5 Å². The van der Waals surface area contributed by atoms with Crippen molar-refractivity contribution in [2.45, 2.75) is 32.6 Å². The molecule has 1 rings (SSSR count). The van der Waals surface area contributed by atoms with Gasteiger partial charge >= 0.3 is 0 Å². The van der Waals surface area contributed by atoms with Gasteiger partial charge in [0.05, 0.1) is 4.90 Å². The SMILES string of the molecule is CCN(CC)CCNS(=O)(=O)c1cc(C)c(C)cc1Br. The predicted molar refractivity (Wildman–Crippen MR) is 86.6 cm³/mol. The summed E-state index contributed by atoms with van der Waals surface area (Å²) in [4.78, 5) is 2.48. The lowest BCUT2D eigenvalue weighted by Crippen LogP contribution is -2.34. The van der Waals surface area contributed by atoms with E-state index in [-0.39, 0.29) is 0 Å². The predicted octanol–water partition coefficient (Wildman–Crippen LogP) is 2.69. The monoisotopic (exact) mass is 362 g/mol. The summed E-state index contributed by atoms with van der Waals surface area (Å²) >= 11 is 3.34. The molecule has 1 N–H and O–H groups in total. The smallest absolute Gasteiger partial charge is 0.241 e. The number of rotatable bonds is 7. The van der Waals surface area contributed by atoms with Gasteiger partial charge in [0.25, 0.3) is 0 Å². The van der Waals surface area contributed by atoms with E-state index < -0.39 is 10.0 Å². The number of likely N-dealkylation sites (N-methyl/N-ethyl adjacent to an activating group) is 1. The van der Waals surface area contributed by atoms with Crippen LogP contribution in [0.5, 0.6) is 0 Å². The summed E-state index contributed by atoms with van der Waals surface area (Å²) in [5.41, 5.74) is 2.04. The van der Waals surface area contributed by atoms with E-state index in [0.717, 1.165) is 24.2 Å². The van der Waals surface area contributed by atoms with Crippen LogP contribution in [0, 0.1) is 13.8 Å². The molecule has 0 atom stereocenters. The first-order chi connectivity index (χ1) is 9.31. The van der Waals surface area contributed by atoms with Gasteiger partial charge in [0.15, 0.2) is 0 Å². The van der Waals surface area contributed by atoms with Crippen molar-refractivity contribution in [3.05, 3.63) is 27.7 Å². The highest BCUT2D eigenvalue weighted by molar-refractivity contribution is 9.10. The number of halogens is 1. The highest BCUT2D eigenvalue weighted by Crippen LogP contribution is 2.25. The highest BCUT2D eigenvalue weighted by Gasteiger charge is 2.18. The van der Waals surface area contributed by atoms with Crippen molar-refractivity contribution in [1.29, 1.82) is 0 Å². The first kappa shape index (κ1) is 17.6. The highest BCUT2D eigenvalue weighted by atomic mass is 79.9. The van der Waals surface area contributed by atoms with Crippen molar-refractivity contribution in [2.24, 2.45) is 0 Å². The number of hydrogen-bond acceptors (Lipinski definition) is 3. The number of aryl methyl sites for hydroxylation is 2. The largest absolute Gasteiger partial charge is 0.303 e. The number of benzene rings is 1. The molecule has 0 unspecified atom stereocenters. The van der Waals surface area contributed by atoms with Gasteiger partial charge in [0.2, 0.25) is 10.0 Å². The third-order valence-electron chi connectivity index (χ3n) is 3.45. The van der Waals surface area contributed by atoms with E-state index in [9.17, 15) is 8.42 Å². The van der Waals surface area contributed by atoms with Gasteiger partial charge in [-0.1, -0.05) is 13.8 Å². The number of nitrogens with zero attached hydrogens (tertiary/aromatic N) is 1. The fraction of sp³-hybridized carbons (Fsp3) is 0.571. The molecule has 0 aliphatic carbocycles. The Kier molecular flexibility index (Phi) is 6.64. The summed E-state index contributed by atoms with van der Waals surface area (Å²) in [5.74, 6) is 0. The fourth-order valence-corrected chi connectivity index (χ4v) is 4.18. The Hall–Kier alpha value is -0.430. The quantitative estimate of drug-likeness (QED) is 0.810. The van der Waals surface area contributed by atoms with Crippen LogP contribution in [-0.4, -0.2) is 39.5 Å². The Morgan fingerprint density at radius 2 is 1.70 bits per heavy atom. The van der Waals surface area contributed by atoms with Crippen molar-refractivity contribution in [2.75, 3.05) is 26.2 Å². The van der Waals surface area contributed by atoms with E-state index in [1.165, 1.54) is 0 Å². The third-order valence-corrected chi connectivity index (χ3v) is 5.87. The van der Waals surface area contributed by atoms with Crippen molar-refractivity contribution in [3.63, 3.8) is 0 Å². The van der Waals surface area contributed by atoms with Gasteiger partial charge in [-0.2, -0.15) is 0 Å². The van der Waals surface area contributed by atoms with Gasteiger partial charge in [0, 0.05) is 17.6 Å². The minimum Gasteiger partial charge on any atom is -0.303 e. The van der Waals surface area contributed by atoms with Crippen LogP contribution in [0.3, 0.4) is 0 Å². The Morgan fingerprint density at radius 1 is 1.15 bits per heavy atom. The van der Waals surface area contributed by atoms with Gasteiger partial charge in [-0.05, 0) is 66.1 Å². The molecule has 1 aromatic carbocycles. The van der Waals surface area contributed by atoms with Crippen molar-refractivity contribution in [3.8, 4) is 0 Å². The lowest BCUT2D eigenvalue weighted by molar-refractivity contribution is 0.309. The number of sulfonamides is 1. The van der Waals surface area contributed by atoms with E-state index in [4.69, 9.17) is 0 Å². The third kappa shape index (κ3) is 4.55. The number of nitrogens with one attached hydrogen (secondary N) is 1. The summed E-state index contributed by atoms with van der Waals surface area (Å²) in [6, 6.07) is 3.55. The first-order valence-electron chi connectivity index (χ1n) is 6.80. The minimum atomic E-state index is -3.47. The first-order valence-corrected chi connectivity index (χ1v) is 9.08. The molecule has 0 heterocycles. The second-order valence-corrected chi connectivity index (χ2v) is 7.38. The summed E-state index contributed by atoms with van der Waals surface area (Å²) in [5, 5.41) is 0. The van der Waals surface area contributed by atoms with Gasteiger partial charge < -0.3 is 4.90 Å². The normalized spacial score (nSPS) is 12.1. The van der Waals surface area contributed by atoms with E-state index in [1.54, 1.807) is 6.07 Å². The molecule has 4 nitrogen and oxygen atoms in total. The second-order valence-electron chi connectivity index (χ2n) is 4.79. The molecular formula is C14H23BrN2O2S. The summed E-state index contributed by atoms with van der Waals surface area (Å²) in [7, 11) is -3.47. The van der Waals surface area contributed by atoms with Crippen LogP contribution in [0.1, 0.15) is 25.0 Å². The summed E-state index contributed by atoms with van der Waals surface area (Å²) in [6.07, 6.45) is 0. The molecule has 0 aliphatic rings. The Bertz CT molecular complexity index is 555. The van der Waals surface area contributed by atoms with Crippen LogP contribution in [0.2, 0.25) is 0 Å². The van der Waals surface area contributed by atoms with E-state index in [2.05, 4.69) is 39.4 Å². The van der Waals surface area contributed by atoms with Crippen molar-refractivity contribution < 1.29 is 8.42 Å². The molecule has 6 heteroatoms. The standard InChI is InChI=1S/C14H23BrN2O2S/c1-5-17(6-2)8-7-16-20(18,19)14-10-12(4)11(3)9-13(14)15/h9-10,16H,5-8H2,1-4H3. The zero-order chi connectivity index (χ0) is 15.3. The zero-order valence-corrected chi connectivity index (χ0v) is 14.9. The average Bonchev–Trinajstić information content (AvgIpc) is 2.38. The maximum absolute atomic E-state index is 12.3. The van der Waals surface area contributed by atoms with Crippen LogP contribution in [0.4, 0.5) is 0 Å². The van der Waals surface area contributed by atoms with Crippen LogP contribution in [0.25, 0.3) is 0 Å². The Balaban J connectivity index is 2.82. The molecule has 0 saturated heterocycles. The molecule has 114 valence electrons. The minimum absolute atomic E-state index is 0.306. The zero-order valence-electron chi connectivity index (χ0n) is 12.5. The molecule has 0 bridgehead atoms. The van der Waals surface area contributed by atoms with Crippen molar-refractivity contribution >= 4 is 26.0 Å². The van der Waals surface area contributed by atoms with Gasteiger partial charge in [-0.3, -0.25) is 0 Å². The molecule has 20 heavy (non-hydrogen) atoms.